The van der Waals surface area contributed by atoms with Crippen LogP contribution in [-0.2, 0) is 9.59 Å². The average molecular weight is 372 g/mol. The van der Waals surface area contributed by atoms with Crippen molar-refractivity contribution in [2.75, 3.05) is 17.4 Å². The molecule has 0 aliphatic carbocycles. The van der Waals surface area contributed by atoms with Gasteiger partial charge in [-0.1, -0.05) is 23.7 Å². The molecule has 2 N–H and O–H groups in total. The first-order valence-electron chi connectivity index (χ1n) is 7.99. The first-order chi connectivity index (χ1) is 12.5. The summed E-state index contributed by atoms with van der Waals surface area (Å²) in [5.74, 6) is 0.0203. The number of hydrazine groups is 1. The number of nitrogens with one attached hydrogen (secondary N) is 2. The van der Waals surface area contributed by atoms with E-state index in [-0.39, 0.29) is 23.9 Å². The van der Waals surface area contributed by atoms with Crippen molar-refractivity contribution >= 4 is 34.8 Å². The van der Waals surface area contributed by atoms with E-state index in [1.807, 2.05) is 31.2 Å². The number of nitrogens with zero attached hydrogens (tertiary/aromatic N) is 1. The van der Waals surface area contributed by atoms with Crippen LogP contribution in [0.2, 0.25) is 5.02 Å². The van der Waals surface area contributed by atoms with Gasteiger partial charge in [-0.2, -0.15) is 0 Å². The zero-order chi connectivity index (χ0) is 18.7. The lowest BCUT2D eigenvalue weighted by atomic mass is 10.2. The Hall–Kier alpha value is -2.99. The van der Waals surface area contributed by atoms with Gasteiger partial charge in [-0.15, -0.1) is 0 Å². The lowest BCUT2D eigenvalue weighted by Crippen LogP contribution is -2.47. The average Bonchev–Trinajstić information content (AvgIpc) is 2.62. The highest BCUT2D eigenvalue weighted by Crippen LogP contribution is 2.27. The molecule has 7 heteroatoms. The third-order valence-electron chi connectivity index (χ3n) is 3.88. The van der Waals surface area contributed by atoms with Crippen LogP contribution in [0.25, 0.3) is 0 Å². The van der Waals surface area contributed by atoms with Crippen molar-refractivity contribution in [2.24, 2.45) is 0 Å². The van der Waals surface area contributed by atoms with E-state index in [2.05, 4.69) is 10.7 Å². The van der Waals surface area contributed by atoms with Crippen molar-refractivity contribution in [3.05, 3.63) is 64.8 Å². The maximum absolute atomic E-state index is 12.5. The van der Waals surface area contributed by atoms with Gasteiger partial charge in [0.1, 0.15) is 11.4 Å². The Balaban J connectivity index is 1.75. The van der Waals surface area contributed by atoms with Crippen molar-refractivity contribution in [1.82, 2.24) is 5.43 Å². The molecule has 0 saturated heterocycles. The van der Waals surface area contributed by atoms with Gasteiger partial charge in [0.15, 0.2) is 0 Å². The van der Waals surface area contributed by atoms with E-state index in [1.165, 1.54) is 12.1 Å². The second kappa shape index (κ2) is 7.49. The molecule has 0 fully saturated rings. The number of methoxy groups -OCH3 is 1. The van der Waals surface area contributed by atoms with Gasteiger partial charge < -0.3 is 10.1 Å². The SMILES string of the molecule is COc1ccc(NC(=O)C2=CCC(=O)N(c3cccc(C)c3)N2)cc1Cl. The van der Waals surface area contributed by atoms with E-state index in [0.29, 0.717) is 22.1 Å². The van der Waals surface area contributed by atoms with Gasteiger partial charge in [0, 0.05) is 12.1 Å². The molecule has 1 aliphatic heterocycles. The van der Waals surface area contributed by atoms with Crippen LogP contribution >= 0.6 is 11.6 Å². The summed E-state index contributed by atoms with van der Waals surface area (Å²) < 4.78 is 5.09. The van der Waals surface area contributed by atoms with Crippen LogP contribution in [0, 0.1) is 6.92 Å². The Bertz CT molecular complexity index is 895. The first-order valence-corrected chi connectivity index (χ1v) is 8.37. The molecule has 2 aromatic rings. The molecule has 0 spiro atoms. The third-order valence-corrected chi connectivity index (χ3v) is 4.17. The number of hydrogen-bond donors (Lipinski definition) is 2. The van der Waals surface area contributed by atoms with Crippen LogP contribution in [0.3, 0.4) is 0 Å². The zero-order valence-corrected chi connectivity index (χ0v) is 15.1. The fraction of sp³-hybridized carbons (Fsp3) is 0.158. The van der Waals surface area contributed by atoms with Gasteiger partial charge in [0.2, 0.25) is 5.91 Å². The van der Waals surface area contributed by atoms with E-state index in [9.17, 15) is 9.59 Å². The highest BCUT2D eigenvalue weighted by atomic mass is 35.5. The maximum atomic E-state index is 12.5. The second-order valence-corrected chi connectivity index (χ2v) is 6.21. The molecule has 0 bridgehead atoms. The van der Waals surface area contributed by atoms with Crippen LogP contribution in [0.15, 0.2) is 54.2 Å². The highest BCUT2D eigenvalue weighted by Gasteiger charge is 2.24. The van der Waals surface area contributed by atoms with Gasteiger partial charge in [-0.25, -0.2) is 5.01 Å². The van der Waals surface area contributed by atoms with Gasteiger partial charge in [-0.3, -0.25) is 15.0 Å². The highest BCUT2D eigenvalue weighted by molar-refractivity contribution is 6.32. The number of anilines is 2. The van der Waals surface area contributed by atoms with Crippen molar-refractivity contribution in [1.29, 1.82) is 0 Å². The smallest absolute Gasteiger partial charge is 0.273 e. The Morgan fingerprint density at radius 2 is 2.08 bits per heavy atom. The monoisotopic (exact) mass is 371 g/mol. The molecule has 2 aromatic carbocycles. The van der Waals surface area contributed by atoms with E-state index in [0.717, 1.165) is 5.56 Å². The topological polar surface area (TPSA) is 70.7 Å². The fourth-order valence-electron chi connectivity index (χ4n) is 2.57. The minimum atomic E-state index is -0.364. The third kappa shape index (κ3) is 3.81. The molecule has 0 saturated carbocycles. The van der Waals surface area contributed by atoms with Crippen molar-refractivity contribution in [2.45, 2.75) is 13.3 Å². The minimum Gasteiger partial charge on any atom is -0.495 e. The number of aryl methyl sites for hydroxylation is 1. The number of ether oxygens (including phenoxy) is 1. The second-order valence-electron chi connectivity index (χ2n) is 5.81. The lowest BCUT2D eigenvalue weighted by molar-refractivity contribution is -0.119. The number of halogens is 1. The zero-order valence-electron chi connectivity index (χ0n) is 14.4. The van der Waals surface area contributed by atoms with E-state index >= 15 is 0 Å². The quantitative estimate of drug-likeness (QED) is 0.863. The summed E-state index contributed by atoms with van der Waals surface area (Å²) in [6.07, 6.45) is 1.70. The van der Waals surface area contributed by atoms with Crippen LogP contribution in [0.5, 0.6) is 5.75 Å². The lowest BCUT2D eigenvalue weighted by Gasteiger charge is -2.28. The van der Waals surface area contributed by atoms with Gasteiger partial charge in [0.25, 0.3) is 5.91 Å². The molecule has 0 aromatic heterocycles. The summed E-state index contributed by atoms with van der Waals surface area (Å²) >= 11 is 6.08. The maximum Gasteiger partial charge on any atom is 0.273 e. The molecule has 134 valence electrons. The van der Waals surface area contributed by atoms with Crippen molar-refractivity contribution in [3.8, 4) is 5.75 Å². The Labute approximate surface area is 156 Å². The fourth-order valence-corrected chi connectivity index (χ4v) is 2.83. The molecular weight excluding hydrogens is 354 g/mol. The largest absolute Gasteiger partial charge is 0.495 e. The standard InChI is InChI=1S/C19H18ClN3O3/c1-12-4-3-5-14(10-12)23-18(24)9-7-16(22-23)19(25)21-13-6-8-17(26-2)15(20)11-13/h3-8,10-11,22H,9H2,1-2H3,(H,21,25). The Kier molecular flexibility index (Phi) is 5.14. The number of hydrogen-bond acceptors (Lipinski definition) is 4. The number of carbonyl (C=O) groups is 2. The normalized spacial score (nSPS) is 13.7. The molecule has 3 rings (SSSR count). The number of benzene rings is 2. The van der Waals surface area contributed by atoms with Crippen LogP contribution in [0.1, 0.15) is 12.0 Å². The molecule has 6 nitrogen and oxygen atoms in total. The predicted octanol–water partition coefficient (Wildman–Crippen LogP) is 3.42. The summed E-state index contributed by atoms with van der Waals surface area (Å²) in [6, 6.07) is 12.4. The number of rotatable bonds is 4. The summed E-state index contributed by atoms with van der Waals surface area (Å²) in [7, 11) is 1.52. The Morgan fingerprint density at radius 1 is 1.27 bits per heavy atom. The summed E-state index contributed by atoms with van der Waals surface area (Å²) in [6.45, 7) is 1.94. The molecule has 0 atom stereocenters. The summed E-state index contributed by atoms with van der Waals surface area (Å²) in [5.41, 5.74) is 5.40. The minimum absolute atomic E-state index is 0.132. The van der Waals surface area contributed by atoms with Crippen LogP contribution in [0.4, 0.5) is 11.4 Å². The van der Waals surface area contributed by atoms with Crippen molar-refractivity contribution in [3.63, 3.8) is 0 Å². The molecule has 1 heterocycles. The molecule has 1 aliphatic rings. The predicted molar refractivity (Wildman–Crippen MR) is 101 cm³/mol. The molecule has 2 amide bonds. The van der Waals surface area contributed by atoms with Gasteiger partial charge in [0.05, 0.1) is 17.8 Å². The van der Waals surface area contributed by atoms with Gasteiger partial charge >= 0.3 is 0 Å². The van der Waals surface area contributed by atoms with Crippen LogP contribution < -0.4 is 20.5 Å². The van der Waals surface area contributed by atoms with Crippen LogP contribution in [-0.4, -0.2) is 18.9 Å². The van der Waals surface area contributed by atoms with Crippen molar-refractivity contribution < 1.29 is 14.3 Å². The number of amides is 2. The number of carbonyl (C=O) groups excluding carboxylic acids is 2. The Morgan fingerprint density at radius 3 is 2.77 bits per heavy atom. The molecule has 0 unspecified atom stereocenters. The van der Waals surface area contributed by atoms with Gasteiger partial charge in [-0.05, 0) is 48.9 Å². The summed E-state index contributed by atoms with van der Waals surface area (Å²) in [5, 5.41) is 4.53. The first kappa shape index (κ1) is 17.8. The summed E-state index contributed by atoms with van der Waals surface area (Å²) in [4.78, 5) is 24.7. The van der Waals surface area contributed by atoms with E-state index in [1.54, 1.807) is 24.3 Å². The molecular formula is C19H18ClN3O3. The molecule has 26 heavy (non-hydrogen) atoms. The van der Waals surface area contributed by atoms with E-state index < -0.39 is 0 Å². The molecule has 0 radical (unpaired) electrons. The van der Waals surface area contributed by atoms with E-state index in [4.69, 9.17) is 16.3 Å².